The van der Waals surface area contributed by atoms with Gasteiger partial charge in [-0.3, -0.25) is 4.79 Å². The molecule has 2 aromatic carbocycles. The fourth-order valence-corrected chi connectivity index (χ4v) is 3.00. The summed E-state index contributed by atoms with van der Waals surface area (Å²) < 4.78 is 11.1. The summed E-state index contributed by atoms with van der Waals surface area (Å²) in [5.74, 6) is 1.54. The van der Waals surface area contributed by atoms with Gasteiger partial charge in [0.1, 0.15) is 0 Å². The van der Waals surface area contributed by atoms with E-state index in [4.69, 9.17) is 21.1 Å². The highest BCUT2D eigenvalue weighted by atomic mass is 35.5. The Bertz CT molecular complexity index is 793. The summed E-state index contributed by atoms with van der Waals surface area (Å²) >= 11 is 6.37. The predicted octanol–water partition coefficient (Wildman–Crippen LogP) is 5.73. The van der Waals surface area contributed by atoms with Crippen molar-refractivity contribution < 1.29 is 14.3 Å². The number of hydrogen-bond acceptors (Lipinski definition) is 4. The van der Waals surface area contributed by atoms with Gasteiger partial charge in [-0.25, -0.2) is 0 Å². The standard InChI is InChI=1S/C22H29ClN2O3/c1-5-9-28-22-19(23)11-16(12-20(22)27-4)14-24-17-7-6-8-18(13-17)25-21(26)10-15(2)3/h6-8,11-13,15,24H,5,9-10,14H2,1-4H3,(H,25,26). The van der Waals surface area contributed by atoms with Crippen molar-refractivity contribution in [3.63, 3.8) is 0 Å². The van der Waals surface area contributed by atoms with Gasteiger partial charge >= 0.3 is 0 Å². The largest absolute Gasteiger partial charge is 0.493 e. The number of methoxy groups -OCH3 is 1. The Labute approximate surface area is 172 Å². The molecule has 1 amide bonds. The van der Waals surface area contributed by atoms with Crippen LogP contribution in [0.5, 0.6) is 11.5 Å². The van der Waals surface area contributed by atoms with Gasteiger partial charge in [0.15, 0.2) is 11.5 Å². The maximum atomic E-state index is 12.0. The Balaban J connectivity index is 2.04. The number of ether oxygens (including phenoxy) is 2. The number of benzene rings is 2. The third kappa shape index (κ3) is 6.64. The first-order valence-corrected chi connectivity index (χ1v) is 9.93. The summed E-state index contributed by atoms with van der Waals surface area (Å²) in [7, 11) is 1.60. The zero-order valence-electron chi connectivity index (χ0n) is 17.0. The van der Waals surface area contributed by atoms with E-state index in [1.165, 1.54) is 0 Å². The van der Waals surface area contributed by atoms with E-state index >= 15 is 0 Å². The molecule has 0 spiro atoms. The van der Waals surface area contributed by atoms with Crippen LogP contribution in [0.25, 0.3) is 0 Å². The van der Waals surface area contributed by atoms with Gasteiger partial charge in [0.2, 0.25) is 5.91 Å². The Kier molecular flexibility index (Phi) is 8.45. The number of nitrogens with one attached hydrogen (secondary N) is 2. The van der Waals surface area contributed by atoms with E-state index in [0.717, 1.165) is 23.4 Å². The number of anilines is 2. The van der Waals surface area contributed by atoms with Crippen LogP contribution >= 0.6 is 11.6 Å². The maximum absolute atomic E-state index is 12.0. The van der Waals surface area contributed by atoms with Crippen molar-refractivity contribution in [3.8, 4) is 11.5 Å². The van der Waals surface area contributed by atoms with E-state index in [1.54, 1.807) is 7.11 Å². The SMILES string of the molecule is CCCOc1c(Cl)cc(CNc2cccc(NC(=O)CC(C)C)c2)cc1OC. The molecule has 28 heavy (non-hydrogen) atoms. The van der Waals surface area contributed by atoms with Gasteiger partial charge in [-0.15, -0.1) is 0 Å². The lowest BCUT2D eigenvalue weighted by molar-refractivity contribution is -0.116. The summed E-state index contributed by atoms with van der Waals surface area (Å²) in [6.45, 7) is 7.24. The lowest BCUT2D eigenvalue weighted by atomic mass is 10.1. The zero-order valence-corrected chi connectivity index (χ0v) is 17.7. The third-order valence-electron chi connectivity index (χ3n) is 3.98. The van der Waals surface area contributed by atoms with Gasteiger partial charge in [0.05, 0.1) is 18.7 Å². The van der Waals surface area contributed by atoms with Crippen molar-refractivity contribution >= 4 is 28.9 Å². The van der Waals surface area contributed by atoms with Crippen LogP contribution in [0.2, 0.25) is 5.02 Å². The first-order valence-electron chi connectivity index (χ1n) is 9.56. The van der Waals surface area contributed by atoms with Crippen molar-refractivity contribution in [2.75, 3.05) is 24.4 Å². The normalized spacial score (nSPS) is 10.6. The molecule has 6 heteroatoms. The Morgan fingerprint density at radius 3 is 2.61 bits per heavy atom. The molecule has 5 nitrogen and oxygen atoms in total. The molecule has 0 aliphatic rings. The molecule has 0 aliphatic heterocycles. The number of carbonyl (C=O) groups excluding carboxylic acids is 1. The van der Waals surface area contributed by atoms with Gasteiger partial charge in [-0.1, -0.05) is 38.4 Å². The van der Waals surface area contributed by atoms with Crippen LogP contribution in [0, 0.1) is 5.92 Å². The minimum absolute atomic E-state index is 0.0198. The lowest BCUT2D eigenvalue weighted by Crippen LogP contribution is -2.13. The van der Waals surface area contributed by atoms with Gasteiger partial charge in [0, 0.05) is 24.3 Å². The molecule has 0 atom stereocenters. The van der Waals surface area contributed by atoms with Crippen LogP contribution in [0.15, 0.2) is 36.4 Å². The molecule has 0 radical (unpaired) electrons. The molecule has 2 N–H and O–H groups in total. The van der Waals surface area contributed by atoms with Crippen molar-refractivity contribution in [2.45, 2.75) is 40.2 Å². The van der Waals surface area contributed by atoms with E-state index in [0.29, 0.717) is 42.0 Å². The molecule has 2 aromatic rings. The smallest absolute Gasteiger partial charge is 0.224 e. The number of rotatable bonds is 10. The molecule has 0 aliphatic carbocycles. The fraction of sp³-hybridized carbons (Fsp3) is 0.409. The van der Waals surface area contributed by atoms with Gasteiger partial charge < -0.3 is 20.1 Å². The molecule has 0 bridgehead atoms. The fourth-order valence-electron chi connectivity index (χ4n) is 2.71. The summed E-state index contributed by atoms with van der Waals surface area (Å²) in [5.41, 5.74) is 2.65. The number of carbonyl (C=O) groups is 1. The van der Waals surface area contributed by atoms with Crippen LogP contribution in [-0.4, -0.2) is 19.6 Å². The quantitative estimate of drug-likeness (QED) is 0.530. The second-order valence-corrected chi connectivity index (χ2v) is 7.45. The van der Waals surface area contributed by atoms with Gasteiger partial charge in [-0.05, 0) is 48.2 Å². The molecule has 0 saturated carbocycles. The molecule has 0 unspecified atom stereocenters. The monoisotopic (exact) mass is 404 g/mol. The van der Waals surface area contributed by atoms with Crippen LogP contribution in [-0.2, 0) is 11.3 Å². The highest BCUT2D eigenvalue weighted by Crippen LogP contribution is 2.36. The predicted molar refractivity (Wildman–Crippen MR) is 116 cm³/mol. The third-order valence-corrected chi connectivity index (χ3v) is 4.26. The van der Waals surface area contributed by atoms with E-state index in [1.807, 2.05) is 57.2 Å². The van der Waals surface area contributed by atoms with Gasteiger partial charge in [-0.2, -0.15) is 0 Å². The Morgan fingerprint density at radius 1 is 1.18 bits per heavy atom. The first kappa shape index (κ1) is 21.9. The van der Waals surface area contributed by atoms with Crippen LogP contribution in [0.4, 0.5) is 11.4 Å². The second-order valence-electron chi connectivity index (χ2n) is 7.04. The van der Waals surface area contributed by atoms with E-state index in [2.05, 4.69) is 10.6 Å². The average Bonchev–Trinajstić information content (AvgIpc) is 2.64. The van der Waals surface area contributed by atoms with Crippen LogP contribution in [0.3, 0.4) is 0 Å². The first-order chi connectivity index (χ1) is 13.4. The second kappa shape index (κ2) is 10.8. The minimum Gasteiger partial charge on any atom is -0.493 e. The Hall–Kier alpha value is -2.40. The van der Waals surface area contributed by atoms with Crippen LogP contribution in [0.1, 0.15) is 39.2 Å². The summed E-state index contributed by atoms with van der Waals surface area (Å²) in [4.78, 5) is 12.0. The van der Waals surface area contributed by atoms with Crippen LogP contribution < -0.4 is 20.1 Å². The lowest BCUT2D eigenvalue weighted by Gasteiger charge is -2.15. The van der Waals surface area contributed by atoms with E-state index < -0.39 is 0 Å². The summed E-state index contributed by atoms with van der Waals surface area (Å²) in [6, 6.07) is 11.4. The number of amides is 1. The molecule has 0 fully saturated rings. The summed E-state index contributed by atoms with van der Waals surface area (Å²) in [6.07, 6.45) is 1.40. The molecule has 0 saturated heterocycles. The van der Waals surface area contributed by atoms with E-state index in [-0.39, 0.29) is 5.91 Å². The number of hydrogen-bond donors (Lipinski definition) is 2. The molecular formula is C22H29ClN2O3. The topological polar surface area (TPSA) is 59.6 Å². The average molecular weight is 405 g/mol. The zero-order chi connectivity index (χ0) is 20.5. The molecule has 0 heterocycles. The van der Waals surface area contributed by atoms with Gasteiger partial charge in [0.25, 0.3) is 0 Å². The number of halogens is 1. The summed E-state index contributed by atoms with van der Waals surface area (Å²) in [5, 5.41) is 6.81. The van der Waals surface area contributed by atoms with E-state index in [9.17, 15) is 4.79 Å². The maximum Gasteiger partial charge on any atom is 0.224 e. The van der Waals surface area contributed by atoms with Crippen molar-refractivity contribution in [1.29, 1.82) is 0 Å². The minimum atomic E-state index is 0.0198. The van der Waals surface area contributed by atoms with Crippen molar-refractivity contribution in [3.05, 3.63) is 47.0 Å². The van der Waals surface area contributed by atoms with Crippen molar-refractivity contribution in [1.82, 2.24) is 0 Å². The highest BCUT2D eigenvalue weighted by molar-refractivity contribution is 6.32. The van der Waals surface area contributed by atoms with Crippen molar-refractivity contribution in [2.24, 2.45) is 5.92 Å². The Morgan fingerprint density at radius 2 is 1.93 bits per heavy atom. The molecule has 0 aromatic heterocycles. The molecular weight excluding hydrogens is 376 g/mol. The highest BCUT2D eigenvalue weighted by Gasteiger charge is 2.12. The molecule has 152 valence electrons. The molecule has 2 rings (SSSR count).